The summed E-state index contributed by atoms with van der Waals surface area (Å²) in [5.74, 6) is 1.63. The minimum atomic E-state index is -1.50. The van der Waals surface area contributed by atoms with Crippen LogP contribution in [0.4, 0.5) is 0 Å². The van der Waals surface area contributed by atoms with E-state index in [0.717, 1.165) is 22.6 Å². The van der Waals surface area contributed by atoms with Crippen molar-refractivity contribution >= 4 is 58.2 Å². The third-order valence-electron chi connectivity index (χ3n) is 4.02. The van der Waals surface area contributed by atoms with E-state index in [0.29, 0.717) is 33.2 Å². The highest BCUT2D eigenvalue weighted by Crippen LogP contribution is 2.26. The number of ether oxygens (including phenoxy) is 1. The molecule has 1 atom stereocenters. The Labute approximate surface area is 209 Å². The highest BCUT2D eigenvalue weighted by atomic mass is 35.5. The van der Waals surface area contributed by atoms with Gasteiger partial charge < -0.3 is 14.5 Å². The summed E-state index contributed by atoms with van der Waals surface area (Å²) in [6.45, 7) is 1.13. The first-order chi connectivity index (χ1) is 15.2. The molecule has 0 saturated heterocycles. The van der Waals surface area contributed by atoms with Crippen LogP contribution in [0.25, 0.3) is 0 Å². The highest BCUT2D eigenvalue weighted by Gasteiger charge is 2.13. The SMILES string of the molecule is Clc1ccc(COC(CSCc2ccc(Cl)c(Cl)c2)Cn2ccnc2)c(Cl)c1.O=[N+]([O-])O. The molecule has 1 aromatic heterocycles. The zero-order valence-corrected chi connectivity index (χ0v) is 20.4. The average molecular weight is 539 g/mol. The Hall–Kier alpha value is -1.68. The maximum atomic E-state index is 8.36. The van der Waals surface area contributed by atoms with Gasteiger partial charge in [-0.3, -0.25) is 0 Å². The average Bonchev–Trinajstić information content (AvgIpc) is 3.22. The molecule has 7 nitrogen and oxygen atoms in total. The second-order valence-electron chi connectivity index (χ2n) is 6.43. The van der Waals surface area contributed by atoms with E-state index in [4.69, 9.17) is 66.5 Å². The second-order valence-corrected chi connectivity index (χ2v) is 9.12. The third-order valence-corrected chi connectivity index (χ3v) is 6.49. The van der Waals surface area contributed by atoms with Gasteiger partial charge in [-0.25, -0.2) is 4.98 Å². The minimum Gasteiger partial charge on any atom is -0.371 e. The number of nitrogens with zero attached hydrogens (tertiary/aromatic N) is 3. The van der Waals surface area contributed by atoms with E-state index >= 15 is 0 Å². The van der Waals surface area contributed by atoms with Crippen molar-refractivity contribution in [3.05, 3.63) is 96.5 Å². The first-order valence-corrected chi connectivity index (χ1v) is 11.8. The van der Waals surface area contributed by atoms with Crippen LogP contribution < -0.4 is 0 Å². The summed E-state index contributed by atoms with van der Waals surface area (Å²) >= 11 is 26.1. The third kappa shape index (κ3) is 9.85. The zero-order chi connectivity index (χ0) is 23.5. The van der Waals surface area contributed by atoms with Crippen LogP contribution in [-0.2, 0) is 23.6 Å². The Balaban J connectivity index is 0.000000837. The van der Waals surface area contributed by atoms with E-state index in [1.807, 2.05) is 41.1 Å². The van der Waals surface area contributed by atoms with Gasteiger partial charge in [-0.1, -0.05) is 58.5 Å². The maximum Gasteiger partial charge on any atom is 0.291 e. The number of aromatic nitrogens is 2. The first kappa shape index (κ1) is 26.6. The molecule has 1 N–H and O–H groups in total. The van der Waals surface area contributed by atoms with Crippen molar-refractivity contribution in [3.8, 4) is 0 Å². The Morgan fingerprint density at radius 3 is 2.50 bits per heavy atom. The maximum absolute atomic E-state index is 8.36. The van der Waals surface area contributed by atoms with Crippen LogP contribution in [0.5, 0.6) is 0 Å². The van der Waals surface area contributed by atoms with Gasteiger partial charge in [0.15, 0.2) is 0 Å². The number of halogens is 4. The Morgan fingerprint density at radius 2 is 1.88 bits per heavy atom. The van der Waals surface area contributed by atoms with Crippen LogP contribution in [0.1, 0.15) is 11.1 Å². The van der Waals surface area contributed by atoms with Gasteiger partial charge in [0.2, 0.25) is 0 Å². The van der Waals surface area contributed by atoms with Gasteiger partial charge in [0.1, 0.15) is 0 Å². The number of rotatable bonds is 9. The molecule has 0 amide bonds. The van der Waals surface area contributed by atoms with Gasteiger partial charge in [0.25, 0.3) is 5.09 Å². The smallest absolute Gasteiger partial charge is 0.291 e. The lowest BCUT2D eigenvalue weighted by Gasteiger charge is -2.19. The monoisotopic (exact) mass is 537 g/mol. The fourth-order valence-electron chi connectivity index (χ4n) is 2.57. The van der Waals surface area contributed by atoms with E-state index in [1.54, 1.807) is 30.4 Å². The number of thioether (sulfide) groups is 1. The van der Waals surface area contributed by atoms with Crippen LogP contribution in [0, 0.1) is 10.1 Å². The van der Waals surface area contributed by atoms with Crippen molar-refractivity contribution in [1.29, 1.82) is 0 Å². The molecule has 32 heavy (non-hydrogen) atoms. The van der Waals surface area contributed by atoms with Gasteiger partial charge in [-0.15, -0.1) is 10.1 Å². The molecule has 2 aromatic carbocycles. The van der Waals surface area contributed by atoms with Gasteiger partial charge >= 0.3 is 0 Å². The van der Waals surface area contributed by atoms with E-state index in [1.165, 1.54) is 0 Å². The number of benzene rings is 2. The zero-order valence-electron chi connectivity index (χ0n) is 16.5. The van der Waals surface area contributed by atoms with Gasteiger partial charge in [0, 0.05) is 33.9 Å². The summed E-state index contributed by atoms with van der Waals surface area (Å²) in [4.78, 5) is 12.5. The lowest BCUT2D eigenvalue weighted by molar-refractivity contribution is -0.742. The molecule has 1 heterocycles. The number of hydrogen-bond donors (Lipinski definition) is 1. The normalized spacial score (nSPS) is 11.5. The molecule has 0 bridgehead atoms. The molecule has 0 saturated carbocycles. The molecule has 0 spiro atoms. The second kappa shape index (κ2) is 13.8. The molecular formula is C20H19Cl4N3O4S. The van der Waals surface area contributed by atoms with Crippen molar-refractivity contribution in [1.82, 2.24) is 9.55 Å². The van der Waals surface area contributed by atoms with E-state index in [2.05, 4.69) is 4.98 Å². The first-order valence-electron chi connectivity index (χ1n) is 9.10. The molecule has 3 rings (SSSR count). The predicted molar refractivity (Wildman–Crippen MR) is 129 cm³/mol. The largest absolute Gasteiger partial charge is 0.371 e. The van der Waals surface area contributed by atoms with Gasteiger partial charge in [-0.2, -0.15) is 11.8 Å². The van der Waals surface area contributed by atoms with E-state index in [-0.39, 0.29) is 6.10 Å². The van der Waals surface area contributed by atoms with Gasteiger partial charge in [0.05, 0.1) is 35.6 Å². The number of hydrogen-bond acceptors (Lipinski definition) is 5. The molecule has 0 aliphatic heterocycles. The molecule has 0 aliphatic carbocycles. The molecule has 0 fully saturated rings. The quantitative estimate of drug-likeness (QED) is 0.242. The van der Waals surface area contributed by atoms with Crippen LogP contribution in [0.15, 0.2) is 55.1 Å². The van der Waals surface area contributed by atoms with Crippen molar-refractivity contribution < 1.29 is 15.0 Å². The van der Waals surface area contributed by atoms with Crippen LogP contribution in [0.3, 0.4) is 0 Å². The lowest BCUT2D eigenvalue weighted by atomic mass is 10.2. The van der Waals surface area contributed by atoms with Crippen molar-refractivity contribution in [2.45, 2.75) is 25.0 Å². The molecule has 0 radical (unpaired) electrons. The summed E-state index contributed by atoms with van der Waals surface area (Å²) in [5, 5.41) is 16.0. The fourth-order valence-corrected chi connectivity index (χ4v) is 4.35. The van der Waals surface area contributed by atoms with E-state index in [9.17, 15) is 0 Å². The summed E-state index contributed by atoms with van der Waals surface area (Å²) in [5.41, 5.74) is 2.04. The van der Waals surface area contributed by atoms with Crippen LogP contribution in [0.2, 0.25) is 20.1 Å². The molecular weight excluding hydrogens is 520 g/mol. The van der Waals surface area contributed by atoms with Crippen molar-refractivity contribution in [2.24, 2.45) is 0 Å². The summed E-state index contributed by atoms with van der Waals surface area (Å²) in [6, 6.07) is 11.1. The van der Waals surface area contributed by atoms with Crippen LogP contribution >= 0.6 is 58.2 Å². The topological polar surface area (TPSA) is 90.4 Å². The Kier molecular flexibility index (Phi) is 11.4. The Morgan fingerprint density at radius 1 is 1.12 bits per heavy atom. The minimum absolute atomic E-state index is 0.00582. The highest BCUT2D eigenvalue weighted by molar-refractivity contribution is 7.98. The lowest BCUT2D eigenvalue weighted by Crippen LogP contribution is -2.22. The molecule has 12 heteroatoms. The predicted octanol–water partition coefficient (Wildman–Crippen LogP) is 6.67. The van der Waals surface area contributed by atoms with Gasteiger partial charge in [-0.05, 0) is 35.4 Å². The van der Waals surface area contributed by atoms with Crippen molar-refractivity contribution in [3.63, 3.8) is 0 Å². The summed E-state index contributed by atoms with van der Waals surface area (Å²) < 4.78 is 8.17. The van der Waals surface area contributed by atoms with Crippen LogP contribution in [-0.4, -0.2) is 31.7 Å². The Bertz CT molecular complexity index is 1000. The summed E-state index contributed by atoms with van der Waals surface area (Å²) in [7, 11) is 0. The molecule has 172 valence electrons. The molecule has 1 unspecified atom stereocenters. The van der Waals surface area contributed by atoms with E-state index < -0.39 is 5.09 Å². The fraction of sp³-hybridized carbons (Fsp3) is 0.250. The standard InChI is InChI=1S/C20H18Cl4N2OS.HNO3/c21-16-3-2-15(19(23)8-16)10-27-17(9-26-6-5-25-13-26)12-28-11-14-1-4-18(22)20(24)7-14;2-1(3)4/h1-8,13,17H,9-12H2;(H,2,3,4). The van der Waals surface area contributed by atoms with Crippen molar-refractivity contribution in [2.75, 3.05) is 5.75 Å². The molecule has 0 aliphatic rings. The number of imidazole rings is 1. The molecule has 3 aromatic rings. The summed E-state index contributed by atoms with van der Waals surface area (Å²) in [6.07, 6.45) is 5.47.